The van der Waals surface area contributed by atoms with Gasteiger partial charge in [-0.25, -0.2) is 0 Å². The van der Waals surface area contributed by atoms with Gasteiger partial charge in [-0.3, -0.25) is 4.79 Å². The summed E-state index contributed by atoms with van der Waals surface area (Å²) in [4.78, 5) is 19.7. The number of aliphatic hydroxyl groups is 1. The number of carbonyl (C=O) groups excluding carboxylic acids is 1. The fourth-order valence-electron chi connectivity index (χ4n) is 3.09. The summed E-state index contributed by atoms with van der Waals surface area (Å²) in [5.41, 5.74) is 1.71. The van der Waals surface area contributed by atoms with Gasteiger partial charge in [0.15, 0.2) is 0 Å². The van der Waals surface area contributed by atoms with Gasteiger partial charge in [-0.1, -0.05) is 0 Å². The molecule has 21 heavy (non-hydrogen) atoms. The van der Waals surface area contributed by atoms with Gasteiger partial charge in [0.05, 0.1) is 6.10 Å². The molecule has 1 saturated heterocycles. The van der Waals surface area contributed by atoms with Crippen LogP contribution < -0.4 is 0 Å². The number of benzene rings is 1. The fourth-order valence-corrected chi connectivity index (χ4v) is 3.09. The van der Waals surface area contributed by atoms with E-state index in [0.29, 0.717) is 18.5 Å². The molecule has 1 aromatic carbocycles. The van der Waals surface area contributed by atoms with Gasteiger partial charge in [-0.15, -0.1) is 0 Å². The van der Waals surface area contributed by atoms with Gasteiger partial charge in [-0.05, 0) is 44.8 Å². The molecule has 1 amide bonds. The molecule has 5 nitrogen and oxygen atoms in total. The molecule has 0 saturated carbocycles. The summed E-state index contributed by atoms with van der Waals surface area (Å²) in [6.45, 7) is 1.19. The van der Waals surface area contributed by atoms with E-state index in [-0.39, 0.29) is 11.9 Å². The minimum absolute atomic E-state index is 0.00139. The standard InChI is InChI=1S/C16H21N3O2/c1-18(2)9-13-8-14(20)10-19(13)16(21)12-3-4-15-11(7-12)5-6-17-15/h3-7,13-14,17,20H,8-10H2,1-2H3. The van der Waals surface area contributed by atoms with Crippen LogP contribution in [0, 0.1) is 0 Å². The van der Waals surface area contributed by atoms with E-state index < -0.39 is 6.10 Å². The average Bonchev–Trinajstić information content (AvgIpc) is 3.02. The molecular formula is C16H21N3O2. The number of hydrogen-bond acceptors (Lipinski definition) is 3. The second kappa shape index (κ2) is 5.50. The Morgan fingerprint density at radius 1 is 1.43 bits per heavy atom. The number of likely N-dealkylation sites (tertiary alicyclic amines) is 1. The first-order chi connectivity index (χ1) is 10.0. The molecule has 5 heteroatoms. The fraction of sp³-hybridized carbons (Fsp3) is 0.438. The molecule has 1 aliphatic heterocycles. The van der Waals surface area contributed by atoms with Crippen molar-refractivity contribution in [3.63, 3.8) is 0 Å². The summed E-state index contributed by atoms with van der Waals surface area (Å²) >= 11 is 0. The smallest absolute Gasteiger partial charge is 0.254 e. The summed E-state index contributed by atoms with van der Waals surface area (Å²) in [5, 5.41) is 10.9. The predicted molar refractivity (Wildman–Crippen MR) is 82.3 cm³/mol. The van der Waals surface area contributed by atoms with Crippen LogP contribution in [-0.4, -0.2) is 65.1 Å². The normalized spacial score (nSPS) is 22.4. The lowest BCUT2D eigenvalue weighted by Crippen LogP contribution is -2.41. The molecule has 2 heterocycles. The molecule has 2 atom stereocenters. The van der Waals surface area contributed by atoms with E-state index in [1.54, 1.807) is 4.90 Å². The molecule has 3 rings (SSSR count). The molecular weight excluding hydrogens is 266 g/mol. The molecule has 2 N–H and O–H groups in total. The Morgan fingerprint density at radius 3 is 3.00 bits per heavy atom. The number of carbonyl (C=O) groups is 1. The van der Waals surface area contributed by atoms with Crippen LogP contribution in [0.4, 0.5) is 0 Å². The maximum absolute atomic E-state index is 12.7. The highest BCUT2D eigenvalue weighted by Gasteiger charge is 2.34. The van der Waals surface area contributed by atoms with Crippen molar-refractivity contribution >= 4 is 16.8 Å². The number of fused-ring (bicyclic) bond motifs is 1. The SMILES string of the molecule is CN(C)CC1CC(O)CN1C(=O)c1ccc2[nH]ccc2c1. The summed E-state index contributed by atoms with van der Waals surface area (Å²) in [7, 11) is 3.97. The van der Waals surface area contributed by atoms with Crippen LogP contribution in [0.2, 0.25) is 0 Å². The quantitative estimate of drug-likeness (QED) is 0.894. The molecule has 0 spiro atoms. The van der Waals surface area contributed by atoms with E-state index in [9.17, 15) is 9.90 Å². The van der Waals surface area contributed by atoms with Crippen molar-refractivity contribution in [1.82, 2.24) is 14.8 Å². The Balaban J connectivity index is 1.85. The lowest BCUT2D eigenvalue weighted by atomic mass is 10.1. The molecule has 0 aliphatic carbocycles. The van der Waals surface area contributed by atoms with Crippen LogP contribution in [-0.2, 0) is 0 Å². The third-order valence-corrected chi connectivity index (χ3v) is 4.03. The molecule has 0 radical (unpaired) electrons. The molecule has 2 unspecified atom stereocenters. The zero-order valence-electron chi connectivity index (χ0n) is 12.4. The monoisotopic (exact) mass is 287 g/mol. The van der Waals surface area contributed by atoms with Crippen LogP contribution in [0.3, 0.4) is 0 Å². The highest BCUT2D eigenvalue weighted by molar-refractivity contribution is 5.98. The minimum Gasteiger partial charge on any atom is -0.391 e. The van der Waals surface area contributed by atoms with Crippen molar-refractivity contribution < 1.29 is 9.90 Å². The molecule has 2 aromatic rings. The Morgan fingerprint density at radius 2 is 2.24 bits per heavy atom. The van der Waals surface area contributed by atoms with E-state index in [1.165, 1.54) is 0 Å². The van der Waals surface area contributed by atoms with E-state index >= 15 is 0 Å². The Kier molecular flexibility index (Phi) is 3.69. The second-order valence-corrected chi connectivity index (χ2v) is 6.04. The maximum Gasteiger partial charge on any atom is 0.254 e. The largest absolute Gasteiger partial charge is 0.391 e. The highest BCUT2D eigenvalue weighted by Crippen LogP contribution is 2.23. The number of rotatable bonds is 3. The predicted octanol–water partition coefficient (Wildman–Crippen LogP) is 1.30. The van der Waals surface area contributed by atoms with Gasteiger partial charge in [0.1, 0.15) is 0 Å². The highest BCUT2D eigenvalue weighted by atomic mass is 16.3. The number of aromatic nitrogens is 1. The van der Waals surface area contributed by atoms with Crippen LogP contribution in [0.15, 0.2) is 30.5 Å². The van der Waals surface area contributed by atoms with Crippen molar-refractivity contribution in [2.75, 3.05) is 27.2 Å². The number of amides is 1. The van der Waals surface area contributed by atoms with Gasteiger partial charge < -0.3 is 19.9 Å². The zero-order valence-corrected chi connectivity index (χ0v) is 12.4. The second-order valence-electron chi connectivity index (χ2n) is 6.04. The summed E-state index contributed by atoms with van der Waals surface area (Å²) in [6, 6.07) is 7.71. The number of β-amino-alcohol motifs (C(OH)–C–C–N with tert-alkyl or cyclic N) is 1. The first-order valence-corrected chi connectivity index (χ1v) is 7.25. The number of likely N-dealkylation sites (N-methyl/N-ethyl adjacent to an activating group) is 1. The van der Waals surface area contributed by atoms with Gasteiger partial charge >= 0.3 is 0 Å². The van der Waals surface area contributed by atoms with Crippen molar-refractivity contribution in [2.45, 2.75) is 18.6 Å². The number of nitrogens with one attached hydrogen (secondary N) is 1. The van der Waals surface area contributed by atoms with E-state index in [1.807, 2.05) is 44.6 Å². The topological polar surface area (TPSA) is 59.6 Å². The minimum atomic E-state index is -0.421. The van der Waals surface area contributed by atoms with Crippen LogP contribution in [0.25, 0.3) is 10.9 Å². The number of nitrogens with zero attached hydrogens (tertiary/aromatic N) is 2. The van der Waals surface area contributed by atoms with Gasteiger partial charge in [-0.2, -0.15) is 0 Å². The summed E-state index contributed by atoms with van der Waals surface area (Å²) in [5.74, 6) is 0.00139. The first kappa shape index (κ1) is 14.1. The number of H-pyrrole nitrogens is 1. The van der Waals surface area contributed by atoms with Crippen LogP contribution in [0.5, 0.6) is 0 Å². The lowest BCUT2D eigenvalue weighted by Gasteiger charge is -2.27. The maximum atomic E-state index is 12.7. The van der Waals surface area contributed by atoms with Gasteiger partial charge in [0.25, 0.3) is 5.91 Å². The third-order valence-electron chi connectivity index (χ3n) is 4.03. The van der Waals surface area contributed by atoms with Crippen molar-refractivity contribution in [1.29, 1.82) is 0 Å². The molecule has 1 aromatic heterocycles. The number of hydrogen-bond donors (Lipinski definition) is 2. The van der Waals surface area contributed by atoms with E-state index in [4.69, 9.17) is 0 Å². The Bertz CT molecular complexity index is 650. The molecule has 112 valence electrons. The third kappa shape index (κ3) is 2.80. The van der Waals surface area contributed by atoms with Crippen molar-refractivity contribution in [3.8, 4) is 0 Å². The van der Waals surface area contributed by atoms with E-state index in [2.05, 4.69) is 9.88 Å². The Labute approximate surface area is 124 Å². The van der Waals surface area contributed by atoms with E-state index in [0.717, 1.165) is 17.4 Å². The summed E-state index contributed by atoms with van der Waals surface area (Å²) in [6.07, 6.45) is 2.10. The first-order valence-electron chi connectivity index (χ1n) is 7.25. The van der Waals surface area contributed by atoms with Gasteiger partial charge in [0.2, 0.25) is 0 Å². The van der Waals surface area contributed by atoms with Crippen LogP contribution >= 0.6 is 0 Å². The lowest BCUT2D eigenvalue weighted by molar-refractivity contribution is 0.0699. The Hall–Kier alpha value is -1.85. The number of aliphatic hydroxyl groups excluding tert-OH is 1. The summed E-state index contributed by atoms with van der Waals surface area (Å²) < 4.78 is 0. The van der Waals surface area contributed by atoms with Crippen molar-refractivity contribution in [3.05, 3.63) is 36.0 Å². The molecule has 0 bridgehead atoms. The van der Waals surface area contributed by atoms with Gasteiger partial charge in [0, 0.05) is 41.8 Å². The average molecular weight is 287 g/mol. The zero-order chi connectivity index (χ0) is 15.0. The number of aromatic amines is 1. The van der Waals surface area contributed by atoms with Crippen molar-refractivity contribution in [2.24, 2.45) is 0 Å². The van der Waals surface area contributed by atoms with Crippen LogP contribution in [0.1, 0.15) is 16.8 Å². The molecule has 1 aliphatic rings. The molecule has 1 fully saturated rings.